The first-order valence-corrected chi connectivity index (χ1v) is 7.18. The predicted octanol–water partition coefficient (Wildman–Crippen LogP) is 2.55. The van der Waals surface area contributed by atoms with Gasteiger partial charge >= 0.3 is 6.03 Å². The number of urea groups is 1. The Morgan fingerprint density at radius 2 is 1.91 bits per heavy atom. The van der Waals surface area contributed by atoms with E-state index in [-0.39, 0.29) is 12.2 Å². The lowest BCUT2D eigenvalue weighted by atomic mass is 10.1. The summed E-state index contributed by atoms with van der Waals surface area (Å²) in [6.07, 6.45) is 3.07. The number of benzene rings is 1. The number of imide groups is 1. The smallest absolute Gasteiger partial charge is 0.329 e. The number of hydrogen-bond donors (Lipinski definition) is 1. The first-order valence-electron chi connectivity index (χ1n) is 6.38. The standard InChI is InChI=1S/C15H15BrN2O4/c1-4-5-18-14(19)11(17-15(18)20)6-9-7-12(21-2)13(22-3)8-10(9)16/h4,6-8H,1,5H2,2-3H3,(H,17,20)/b11-6+. The maximum Gasteiger partial charge on any atom is 0.329 e. The van der Waals surface area contributed by atoms with E-state index in [4.69, 9.17) is 9.47 Å². The van der Waals surface area contributed by atoms with Crippen LogP contribution >= 0.6 is 15.9 Å². The molecular weight excluding hydrogens is 352 g/mol. The van der Waals surface area contributed by atoms with Crippen LogP contribution in [0.3, 0.4) is 0 Å². The zero-order valence-corrected chi connectivity index (χ0v) is 13.8. The minimum Gasteiger partial charge on any atom is -0.493 e. The number of amides is 3. The molecule has 1 fully saturated rings. The van der Waals surface area contributed by atoms with Crippen molar-refractivity contribution in [1.29, 1.82) is 0 Å². The molecule has 0 saturated carbocycles. The number of methoxy groups -OCH3 is 2. The summed E-state index contributed by atoms with van der Waals surface area (Å²) in [5.74, 6) is 0.690. The highest BCUT2D eigenvalue weighted by Gasteiger charge is 2.32. The molecule has 7 heteroatoms. The number of carbonyl (C=O) groups is 2. The van der Waals surface area contributed by atoms with Crippen molar-refractivity contribution in [3.05, 3.63) is 40.5 Å². The molecule has 22 heavy (non-hydrogen) atoms. The molecule has 0 spiro atoms. The maximum absolute atomic E-state index is 12.2. The average Bonchev–Trinajstić information content (AvgIpc) is 2.76. The van der Waals surface area contributed by atoms with Crippen LogP contribution in [0.25, 0.3) is 6.08 Å². The van der Waals surface area contributed by atoms with E-state index >= 15 is 0 Å². The van der Waals surface area contributed by atoms with Crippen LogP contribution < -0.4 is 14.8 Å². The number of rotatable bonds is 5. The minimum absolute atomic E-state index is 0.162. The molecule has 0 bridgehead atoms. The van der Waals surface area contributed by atoms with Crippen molar-refractivity contribution in [2.45, 2.75) is 0 Å². The Balaban J connectivity index is 2.39. The molecular formula is C15H15BrN2O4. The van der Waals surface area contributed by atoms with Crippen LogP contribution in [-0.2, 0) is 4.79 Å². The summed E-state index contributed by atoms with van der Waals surface area (Å²) in [5, 5.41) is 2.54. The summed E-state index contributed by atoms with van der Waals surface area (Å²) in [4.78, 5) is 25.0. The number of carbonyl (C=O) groups excluding carboxylic acids is 2. The van der Waals surface area contributed by atoms with E-state index in [2.05, 4.69) is 27.8 Å². The lowest BCUT2D eigenvalue weighted by Gasteiger charge is -2.10. The molecule has 1 aromatic carbocycles. The molecule has 1 aromatic rings. The molecule has 0 aliphatic carbocycles. The number of hydrogen-bond acceptors (Lipinski definition) is 4. The third-order valence-corrected chi connectivity index (χ3v) is 3.76. The van der Waals surface area contributed by atoms with Gasteiger partial charge in [-0.3, -0.25) is 9.69 Å². The molecule has 6 nitrogen and oxygen atoms in total. The summed E-state index contributed by atoms with van der Waals surface area (Å²) < 4.78 is 11.1. The van der Waals surface area contributed by atoms with Crippen LogP contribution in [-0.4, -0.2) is 37.6 Å². The van der Waals surface area contributed by atoms with Crippen LogP contribution in [0.2, 0.25) is 0 Å². The summed E-state index contributed by atoms with van der Waals surface area (Å²) in [5.41, 5.74) is 0.876. The van der Waals surface area contributed by atoms with E-state index in [9.17, 15) is 9.59 Å². The minimum atomic E-state index is -0.465. The zero-order valence-electron chi connectivity index (χ0n) is 12.2. The molecule has 1 aliphatic heterocycles. The van der Waals surface area contributed by atoms with Crippen LogP contribution in [0.1, 0.15) is 5.56 Å². The zero-order chi connectivity index (χ0) is 16.3. The summed E-state index contributed by atoms with van der Waals surface area (Å²) in [7, 11) is 3.06. The molecule has 116 valence electrons. The second-order valence-electron chi connectivity index (χ2n) is 4.42. The second-order valence-corrected chi connectivity index (χ2v) is 5.28. The van der Waals surface area contributed by atoms with E-state index in [1.54, 1.807) is 18.2 Å². The van der Waals surface area contributed by atoms with Gasteiger partial charge in [0.15, 0.2) is 11.5 Å². The van der Waals surface area contributed by atoms with Gasteiger partial charge in [-0.2, -0.15) is 0 Å². The van der Waals surface area contributed by atoms with Crippen molar-refractivity contribution in [2.75, 3.05) is 20.8 Å². The Labute approximate surface area is 136 Å². The number of ether oxygens (including phenoxy) is 2. The van der Waals surface area contributed by atoms with Gasteiger partial charge in [0.25, 0.3) is 5.91 Å². The van der Waals surface area contributed by atoms with Crippen molar-refractivity contribution >= 4 is 33.9 Å². The average molecular weight is 367 g/mol. The fourth-order valence-electron chi connectivity index (χ4n) is 2.00. The molecule has 0 atom stereocenters. The van der Waals surface area contributed by atoms with Gasteiger partial charge in [-0.25, -0.2) is 4.79 Å². The van der Waals surface area contributed by atoms with E-state index in [0.29, 0.717) is 21.5 Å². The normalized spacial score (nSPS) is 16.0. The maximum atomic E-state index is 12.2. The van der Waals surface area contributed by atoms with Gasteiger partial charge in [0.1, 0.15) is 5.70 Å². The van der Waals surface area contributed by atoms with E-state index in [1.165, 1.54) is 20.3 Å². The fraction of sp³-hybridized carbons (Fsp3) is 0.200. The highest BCUT2D eigenvalue weighted by molar-refractivity contribution is 9.10. The highest BCUT2D eigenvalue weighted by atomic mass is 79.9. The molecule has 3 amide bonds. The molecule has 0 unspecified atom stereocenters. The summed E-state index contributed by atoms with van der Waals surface area (Å²) in [6, 6.07) is 2.98. The number of nitrogens with one attached hydrogen (secondary N) is 1. The predicted molar refractivity (Wildman–Crippen MR) is 85.7 cm³/mol. The Kier molecular flexibility index (Phi) is 4.87. The monoisotopic (exact) mass is 366 g/mol. The van der Waals surface area contributed by atoms with Crippen molar-refractivity contribution in [1.82, 2.24) is 10.2 Å². The lowest BCUT2D eigenvalue weighted by molar-refractivity contribution is -0.122. The Bertz CT molecular complexity index is 670. The molecule has 2 rings (SSSR count). The van der Waals surface area contributed by atoms with Crippen LogP contribution in [0.5, 0.6) is 11.5 Å². The Morgan fingerprint density at radius 3 is 2.50 bits per heavy atom. The molecule has 0 aromatic heterocycles. The Hall–Kier alpha value is -2.28. The molecule has 1 aliphatic rings. The molecule has 1 saturated heterocycles. The SMILES string of the molecule is C=CCN1C(=O)N/C(=C/c2cc(OC)c(OC)cc2Br)C1=O. The second kappa shape index (κ2) is 6.65. The van der Waals surface area contributed by atoms with E-state index in [0.717, 1.165) is 4.90 Å². The Morgan fingerprint density at radius 1 is 1.27 bits per heavy atom. The topological polar surface area (TPSA) is 67.9 Å². The summed E-state index contributed by atoms with van der Waals surface area (Å²) >= 11 is 3.41. The van der Waals surface area contributed by atoms with Crippen molar-refractivity contribution < 1.29 is 19.1 Å². The first-order chi connectivity index (χ1) is 10.5. The van der Waals surface area contributed by atoms with Crippen molar-refractivity contribution in [2.24, 2.45) is 0 Å². The van der Waals surface area contributed by atoms with Crippen molar-refractivity contribution in [3.8, 4) is 11.5 Å². The van der Waals surface area contributed by atoms with Gasteiger partial charge in [-0.1, -0.05) is 22.0 Å². The van der Waals surface area contributed by atoms with Gasteiger partial charge in [-0.05, 0) is 23.8 Å². The van der Waals surface area contributed by atoms with E-state index < -0.39 is 11.9 Å². The number of halogens is 1. The van der Waals surface area contributed by atoms with Gasteiger partial charge in [0.05, 0.1) is 14.2 Å². The van der Waals surface area contributed by atoms with Gasteiger partial charge in [-0.15, -0.1) is 6.58 Å². The van der Waals surface area contributed by atoms with Gasteiger partial charge < -0.3 is 14.8 Å². The first kappa shape index (κ1) is 16.1. The quantitative estimate of drug-likeness (QED) is 0.494. The van der Waals surface area contributed by atoms with Crippen molar-refractivity contribution in [3.63, 3.8) is 0 Å². The highest BCUT2D eigenvalue weighted by Crippen LogP contribution is 2.34. The molecule has 0 radical (unpaired) electrons. The van der Waals surface area contributed by atoms with Crippen LogP contribution in [0.4, 0.5) is 4.79 Å². The third kappa shape index (κ3) is 2.99. The van der Waals surface area contributed by atoms with E-state index in [1.807, 2.05) is 0 Å². The largest absolute Gasteiger partial charge is 0.493 e. The molecule has 1 N–H and O–H groups in total. The van der Waals surface area contributed by atoms with Gasteiger partial charge in [0, 0.05) is 11.0 Å². The third-order valence-electron chi connectivity index (χ3n) is 3.08. The summed E-state index contributed by atoms with van der Waals surface area (Å²) in [6.45, 7) is 3.69. The van der Waals surface area contributed by atoms with Crippen LogP contribution in [0.15, 0.2) is 35.0 Å². The van der Waals surface area contributed by atoms with Gasteiger partial charge in [0.2, 0.25) is 0 Å². The lowest BCUT2D eigenvalue weighted by Crippen LogP contribution is -2.30. The van der Waals surface area contributed by atoms with Crippen LogP contribution in [0, 0.1) is 0 Å². The molecule has 1 heterocycles. The number of nitrogens with zero attached hydrogens (tertiary/aromatic N) is 1. The fourth-order valence-corrected chi connectivity index (χ4v) is 2.44.